The molecule has 0 bridgehead atoms. The summed E-state index contributed by atoms with van der Waals surface area (Å²) in [4.78, 5) is 27.9. The van der Waals surface area contributed by atoms with Crippen LogP contribution < -0.4 is 5.56 Å². The number of H-pyrrole nitrogens is 1. The van der Waals surface area contributed by atoms with Gasteiger partial charge in [-0.1, -0.05) is 26.7 Å². The molecule has 3 rings (SSSR count). The quantitative estimate of drug-likeness (QED) is 0.666. The van der Waals surface area contributed by atoms with Crippen LogP contribution in [-0.2, 0) is 11.3 Å². The first-order valence-electron chi connectivity index (χ1n) is 9.38. The molecule has 1 aliphatic rings. The fourth-order valence-electron chi connectivity index (χ4n) is 3.43. The molecule has 0 aliphatic heterocycles. The van der Waals surface area contributed by atoms with E-state index in [1.165, 1.54) is 12.8 Å². The van der Waals surface area contributed by atoms with Crippen LogP contribution in [0.3, 0.4) is 0 Å². The van der Waals surface area contributed by atoms with E-state index in [0.29, 0.717) is 18.9 Å². The molecule has 27 heavy (non-hydrogen) atoms. The maximum absolute atomic E-state index is 11.7. The highest BCUT2D eigenvalue weighted by Gasteiger charge is 2.24. The van der Waals surface area contributed by atoms with E-state index in [1.54, 1.807) is 6.07 Å². The monoisotopic (exact) mass is 376 g/mol. The molecular formula is C19H28N4O4. The lowest BCUT2D eigenvalue weighted by Gasteiger charge is -2.12. The first kappa shape index (κ1) is 20.8. The fraction of sp³-hybridized carbons (Fsp3) is 0.579. The summed E-state index contributed by atoms with van der Waals surface area (Å²) in [5, 5.41) is 20.8. The molecule has 0 unspecified atom stereocenters. The predicted molar refractivity (Wildman–Crippen MR) is 102 cm³/mol. The molecule has 0 amide bonds. The first-order chi connectivity index (χ1) is 13.0. The van der Waals surface area contributed by atoms with Gasteiger partial charge in [0.05, 0.1) is 0 Å². The van der Waals surface area contributed by atoms with Crippen molar-refractivity contribution in [3.8, 4) is 11.4 Å². The molecular weight excluding hydrogens is 348 g/mol. The number of nitrogens with zero attached hydrogens (tertiary/aromatic N) is 3. The topological polar surface area (TPSA) is 121 Å². The Balaban J connectivity index is 0.000000817. The van der Waals surface area contributed by atoms with Crippen molar-refractivity contribution in [1.29, 1.82) is 0 Å². The van der Waals surface area contributed by atoms with E-state index >= 15 is 0 Å². The van der Waals surface area contributed by atoms with Crippen LogP contribution in [0.2, 0.25) is 0 Å². The van der Waals surface area contributed by atoms with Crippen LogP contribution in [0.15, 0.2) is 16.9 Å². The number of carbonyl (C=O) groups is 1. The Bertz CT molecular complexity index is 791. The Labute approximate surface area is 158 Å². The second kappa shape index (κ2) is 10.0. The van der Waals surface area contributed by atoms with E-state index in [-0.39, 0.29) is 24.6 Å². The minimum atomic E-state index is -0.250. The van der Waals surface area contributed by atoms with E-state index in [4.69, 9.17) is 20.0 Å². The van der Waals surface area contributed by atoms with Crippen LogP contribution in [0.5, 0.6) is 0 Å². The van der Waals surface area contributed by atoms with Crippen LogP contribution >= 0.6 is 0 Å². The summed E-state index contributed by atoms with van der Waals surface area (Å²) < 4.78 is 1.89. The summed E-state index contributed by atoms with van der Waals surface area (Å²) in [5.74, 6) is 2.32. The number of aromatic nitrogens is 4. The smallest absolute Gasteiger partial charge is 0.290 e. The Morgan fingerprint density at radius 3 is 2.59 bits per heavy atom. The Morgan fingerprint density at radius 1 is 1.33 bits per heavy atom. The minimum absolute atomic E-state index is 0.0973. The standard InChI is InChI=1S/C18H26N4O2.CH2O2/c1-12(2)16-14(8-9-15(24)19-16)18-20-17(13-6-3-4-7-13)21-22(18)10-5-11-23;2-1-3/h8-9,12-13,23H,3-7,10-11H2,1-2H3,(H,19,24);1H,(H,2,3). The zero-order valence-corrected chi connectivity index (χ0v) is 15.9. The van der Waals surface area contributed by atoms with Crippen LogP contribution in [0.1, 0.15) is 69.3 Å². The summed E-state index contributed by atoms with van der Waals surface area (Å²) in [7, 11) is 0. The SMILES string of the molecule is CC(C)c1[nH]c(=O)ccc1-c1nc(C2CCCC2)nn1CCCO.O=CO. The zero-order valence-electron chi connectivity index (χ0n) is 15.9. The normalized spacial score (nSPS) is 14.2. The average molecular weight is 376 g/mol. The molecule has 0 spiro atoms. The molecule has 0 atom stereocenters. The number of carboxylic acid groups (broad SMARTS) is 1. The molecule has 8 heteroatoms. The third-order valence-electron chi connectivity index (χ3n) is 4.70. The van der Waals surface area contributed by atoms with Gasteiger partial charge in [0.25, 0.3) is 6.47 Å². The Morgan fingerprint density at radius 2 is 2.00 bits per heavy atom. The van der Waals surface area contributed by atoms with Gasteiger partial charge in [0.15, 0.2) is 11.6 Å². The van der Waals surface area contributed by atoms with Crippen molar-refractivity contribution in [2.75, 3.05) is 6.61 Å². The minimum Gasteiger partial charge on any atom is -0.483 e. The number of aliphatic hydroxyl groups excluding tert-OH is 1. The molecule has 2 heterocycles. The highest BCUT2D eigenvalue weighted by atomic mass is 16.3. The first-order valence-corrected chi connectivity index (χ1v) is 9.38. The maximum atomic E-state index is 11.7. The second-order valence-electron chi connectivity index (χ2n) is 6.99. The molecule has 148 valence electrons. The van der Waals surface area contributed by atoms with Gasteiger partial charge in [-0.2, -0.15) is 5.10 Å². The number of nitrogens with one attached hydrogen (secondary N) is 1. The molecule has 2 aromatic heterocycles. The van der Waals surface area contributed by atoms with Gasteiger partial charge in [0.1, 0.15) is 0 Å². The van der Waals surface area contributed by atoms with Crippen LogP contribution in [0.4, 0.5) is 0 Å². The number of hydrogen-bond acceptors (Lipinski definition) is 5. The lowest BCUT2D eigenvalue weighted by Crippen LogP contribution is -2.12. The summed E-state index contributed by atoms with van der Waals surface area (Å²) in [6, 6.07) is 3.38. The third-order valence-corrected chi connectivity index (χ3v) is 4.70. The number of aromatic amines is 1. The highest BCUT2D eigenvalue weighted by molar-refractivity contribution is 5.59. The summed E-state index contributed by atoms with van der Waals surface area (Å²) in [6.45, 7) is 4.62. The number of aliphatic hydroxyl groups is 1. The number of pyridine rings is 1. The maximum Gasteiger partial charge on any atom is 0.290 e. The van der Waals surface area contributed by atoms with Crippen molar-refractivity contribution < 1.29 is 15.0 Å². The average Bonchev–Trinajstić information content (AvgIpc) is 3.30. The van der Waals surface area contributed by atoms with Crippen molar-refractivity contribution in [3.05, 3.63) is 34.0 Å². The van der Waals surface area contributed by atoms with Crippen molar-refractivity contribution in [2.45, 2.75) is 64.3 Å². The summed E-state index contributed by atoms with van der Waals surface area (Å²) >= 11 is 0. The van der Waals surface area contributed by atoms with Gasteiger partial charge < -0.3 is 15.2 Å². The predicted octanol–water partition coefficient (Wildman–Crippen LogP) is 2.50. The second-order valence-corrected chi connectivity index (χ2v) is 6.99. The van der Waals surface area contributed by atoms with Gasteiger partial charge in [-0.15, -0.1) is 0 Å². The van der Waals surface area contributed by atoms with Crippen LogP contribution in [-0.4, -0.2) is 43.0 Å². The molecule has 0 saturated heterocycles. The van der Waals surface area contributed by atoms with Crippen LogP contribution in [0, 0.1) is 0 Å². The highest BCUT2D eigenvalue weighted by Crippen LogP contribution is 2.34. The van der Waals surface area contributed by atoms with Gasteiger partial charge in [0.2, 0.25) is 5.56 Å². The summed E-state index contributed by atoms with van der Waals surface area (Å²) in [5.41, 5.74) is 1.72. The van der Waals surface area contributed by atoms with E-state index in [1.807, 2.05) is 10.7 Å². The Hall–Kier alpha value is -2.48. The molecule has 1 fully saturated rings. The summed E-state index contributed by atoms with van der Waals surface area (Å²) in [6.07, 6.45) is 5.40. The fourth-order valence-corrected chi connectivity index (χ4v) is 3.43. The van der Waals surface area contributed by atoms with E-state index < -0.39 is 0 Å². The third kappa shape index (κ3) is 5.26. The van der Waals surface area contributed by atoms with Crippen molar-refractivity contribution >= 4 is 6.47 Å². The number of hydrogen-bond donors (Lipinski definition) is 3. The number of rotatable bonds is 6. The molecule has 8 nitrogen and oxygen atoms in total. The van der Waals surface area contributed by atoms with Gasteiger partial charge in [0, 0.05) is 36.4 Å². The van der Waals surface area contributed by atoms with Gasteiger partial charge in [-0.3, -0.25) is 9.59 Å². The van der Waals surface area contributed by atoms with Crippen LogP contribution in [0.25, 0.3) is 11.4 Å². The molecule has 3 N–H and O–H groups in total. The van der Waals surface area contributed by atoms with Crippen molar-refractivity contribution in [1.82, 2.24) is 19.7 Å². The molecule has 1 aliphatic carbocycles. The molecule has 0 radical (unpaired) electrons. The molecule has 2 aromatic rings. The van der Waals surface area contributed by atoms with Crippen molar-refractivity contribution in [2.24, 2.45) is 0 Å². The lowest BCUT2D eigenvalue weighted by atomic mass is 10.0. The molecule has 1 saturated carbocycles. The van der Waals surface area contributed by atoms with Gasteiger partial charge in [-0.25, -0.2) is 9.67 Å². The van der Waals surface area contributed by atoms with E-state index in [0.717, 1.165) is 35.7 Å². The Kier molecular flexibility index (Phi) is 7.72. The van der Waals surface area contributed by atoms with Gasteiger partial charge >= 0.3 is 0 Å². The largest absolute Gasteiger partial charge is 0.483 e. The lowest BCUT2D eigenvalue weighted by molar-refractivity contribution is -0.122. The van der Waals surface area contributed by atoms with E-state index in [2.05, 4.69) is 18.8 Å². The molecule has 0 aromatic carbocycles. The zero-order chi connectivity index (χ0) is 19.8. The van der Waals surface area contributed by atoms with Crippen molar-refractivity contribution in [3.63, 3.8) is 0 Å². The van der Waals surface area contributed by atoms with E-state index in [9.17, 15) is 9.90 Å². The number of aryl methyl sites for hydroxylation is 1. The van der Waals surface area contributed by atoms with Gasteiger partial charge in [-0.05, 0) is 31.2 Å².